The zero-order chi connectivity index (χ0) is 23.8. The van der Waals surface area contributed by atoms with E-state index in [1.54, 1.807) is 0 Å². The molecule has 34 heavy (non-hydrogen) atoms. The molecule has 0 amide bonds. The van der Waals surface area contributed by atoms with E-state index in [9.17, 15) is 32.8 Å². The van der Waals surface area contributed by atoms with Crippen LogP contribution in [-0.4, -0.2) is 31.5 Å². The monoisotopic (exact) mass is 532 g/mol. The summed E-state index contributed by atoms with van der Waals surface area (Å²) in [5.41, 5.74) is 0. The van der Waals surface area contributed by atoms with Gasteiger partial charge in [0.25, 0.3) is 0 Å². The van der Waals surface area contributed by atoms with Crippen molar-refractivity contribution in [3.05, 3.63) is 12.2 Å². The molecule has 0 aliphatic heterocycles. The molecule has 12 heteroatoms. The Labute approximate surface area is 273 Å². The number of carbonyl (C=O) groups is 2. The molecular formula is C22H39Na3O8S. The van der Waals surface area contributed by atoms with Gasteiger partial charge in [-0.25, -0.2) is 8.42 Å². The number of hydrogen-bond acceptors (Lipinski definition) is 8. The fourth-order valence-corrected chi connectivity index (χ4v) is 3.27. The van der Waals surface area contributed by atoms with Gasteiger partial charge >= 0.3 is 88.7 Å². The zero-order valence-electron chi connectivity index (χ0n) is 21.8. The summed E-state index contributed by atoms with van der Waals surface area (Å²) in [6.45, 7) is 2.29. The van der Waals surface area contributed by atoms with Crippen molar-refractivity contribution in [1.82, 2.24) is 0 Å². The molecular weight excluding hydrogens is 493 g/mol. The van der Waals surface area contributed by atoms with E-state index in [1.807, 2.05) is 0 Å². The van der Waals surface area contributed by atoms with Gasteiger partial charge in [-0.1, -0.05) is 103 Å². The van der Waals surface area contributed by atoms with Crippen LogP contribution in [0.25, 0.3) is 0 Å². The molecule has 0 fully saturated rings. The maximum atomic E-state index is 10.2. The maximum Gasteiger partial charge on any atom is 1.00 e. The summed E-state index contributed by atoms with van der Waals surface area (Å²) in [6, 6.07) is 0. The first-order valence-corrected chi connectivity index (χ1v) is 12.7. The van der Waals surface area contributed by atoms with Gasteiger partial charge in [0.05, 0.1) is 18.5 Å². The van der Waals surface area contributed by atoms with Crippen LogP contribution in [0.4, 0.5) is 0 Å². The van der Waals surface area contributed by atoms with Crippen LogP contribution in [0.5, 0.6) is 0 Å². The number of rotatable bonds is 20. The minimum atomic E-state index is -4.49. The molecule has 0 atom stereocenters. The zero-order valence-corrected chi connectivity index (χ0v) is 28.7. The molecule has 0 bridgehead atoms. The molecule has 184 valence electrons. The summed E-state index contributed by atoms with van der Waals surface area (Å²) in [7, 11) is -4.49. The van der Waals surface area contributed by atoms with Crippen LogP contribution in [0, 0.1) is 0 Å². The molecule has 0 aliphatic rings. The van der Waals surface area contributed by atoms with E-state index in [0.717, 1.165) is 12.8 Å². The summed E-state index contributed by atoms with van der Waals surface area (Å²) in [4.78, 5) is 18.8. The summed E-state index contributed by atoms with van der Waals surface area (Å²) < 4.78 is 34.8. The number of carboxylic acid groups (broad SMARTS) is 2. The Balaban J connectivity index is -0.000000219. The molecule has 0 spiro atoms. The third kappa shape index (κ3) is 50.4. The van der Waals surface area contributed by atoms with Crippen molar-refractivity contribution in [2.45, 2.75) is 110 Å². The molecule has 0 saturated carbocycles. The van der Waals surface area contributed by atoms with E-state index in [0.29, 0.717) is 18.6 Å². The normalized spacial score (nSPS) is 10.3. The maximum absolute atomic E-state index is 10.2. The number of carboxylic acids is 2. The summed E-state index contributed by atoms with van der Waals surface area (Å²) in [6.07, 6.45) is 21.1. The standard InChI is InChI=1S/C18H38O4S.C4H4O4.3Na/c1-2-3-4-5-6-7-8-9-10-11-12-13-14-15-16-17-18-22-23(19,20)21;5-3(6)1-2-4(7)8;;;/h2-18H2,1H3,(H,19,20,21);1-2H,(H,5,6)(H,7,8);;;/q;;3*+1/p-3/b;2-1+;;;. The fourth-order valence-electron chi connectivity index (χ4n) is 2.95. The Bertz CT molecular complexity index is 556. The Morgan fingerprint density at radius 1 is 0.618 bits per heavy atom. The molecule has 0 saturated heterocycles. The summed E-state index contributed by atoms with van der Waals surface area (Å²) in [5, 5.41) is 18.8. The molecule has 0 rings (SSSR count). The molecule has 0 N–H and O–H groups in total. The first-order chi connectivity index (χ1) is 14.7. The fraction of sp³-hybridized carbons (Fsp3) is 0.818. The Morgan fingerprint density at radius 3 is 1.12 bits per heavy atom. The first-order valence-electron chi connectivity index (χ1n) is 11.4. The topological polar surface area (TPSA) is 147 Å². The number of carbonyl (C=O) groups excluding carboxylic acids is 2. The van der Waals surface area contributed by atoms with Gasteiger partial charge in [-0.2, -0.15) is 0 Å². The Hall–Kier alpha value is 1.55. The van der Waals surface area contributed by atoms with Crippen molar-refractivity contribution in [3.63, 3.8) is 0 Å². The van der Waals surface area contributed by atoms with Crippen LogP contribution in [0.3, 0.4) is 0 Å². The van der Waals surface area contributed by atoms with E-state index in [-0.39, 0.29) is 95.3 Å². The quantitative estimate of drug-likeness (QED) is 0.0495. The van der Waals surface area contributed by atoms with Crippen molar-refractivity contribution < 1.29 is 126 Å². The van der Waals surface area contributed by atoms with E-state index >= 15 is 0 Å². The van der Waals surface area contributed by atoms with E-state index < -0.39 is 22.3 Å². The van der Waals surface area contributed by atoms with Crippen LogP contribution in [0.15, 0.2) is 12.2 Å². The predicted molar refractivity (Wildman–Crippen MR) is 114 cm³/mol. The molecule has 0 aromatic rings. The second-order valence-corrected chi connectivity index (χ2v) is 8.56. The minimum Gasteiger partial charge on any atom is -0.726 e. The van der Waals surface area contributed by atoms with Crippen molar-refractivity contribution >= 4 is 22.3 Å². The summed E-state index contributed by atoms with van der Waals surface area (Å²) in [5.74, 6) is -3.09. The minimum absolute atomic E-state index is 0. The van der Waals surface area contributed by atoms with Gasteiger partial charge in [-0.3, -0.25) is 4.18 Å². The van der Waals surface area contributed by atoms with Gasteiger partial charge in [0, 0.05) is 0 Å². The van der Waals surface area contributed by atoms with E-state index in [4.69, 9.17) is 0 Å². The van der Waals surface area contributed by atoms with Crippen LogP contribution < -0.4 is 98.9 Å². The third-order valence-corrected chi connectivity index (χ3v) is 5.04. The molecule has 0 unspecified atom stereocenters. The first kappa shape index (κ1) is 45.5. The smallest absolute Gasteiger partial charge is 0.726 e. The average molecular weight is 533 g/mol. The number of hydrogen-bond donors (Lipinski definition) is 0. The van der Waals surface area contributed by atoms with Gasteiger partial charge in [0.15, 0.2) is 0 Å². The van der Waals surface area contributed by atoms with Gasteiger partial charge in [-0.05, 0) is 18.6 Å². The van der Waals surface area contributed by atoms with E-state index in [2.05, 4.69) is 11.1 Å². The van der Waals surface area contributed by atoms with Crippen LogP contribution >= 0.6 is 0 Å². The van der Waals surface area contributed by atoms with Crippen molar-refractivity contribution in [1.29, 1.82) is 0 Å². The average Bonchev–Trinajstić information content (AvgIpc) is 2.68. The van der Waals surface area contributed by atoms with Gasteiger partial charge in [0.1, 0.15) is 0 Å². The van der Waals surface area contributed by atoms with Gasteiger partial charge < -0.3 is 24.4 Å². The molecule has 0 aromatic carbocycles. The second-order valence-electron chi connectivity index (χ2n) is 7.50. The SMILES string of the molecule is CCCCCCCCCCCCCCCCCCOS(=O)(=O)[O-].O=C([O-])/C=C/C(=O)[O-].[Na+].[Na+].[Na+]. The summed E-state index contributed by atoms with van der Waals surface area (Å²) >= 11 is 0. The van der Waals surface area contributed by atoms with Gasteiger partial charge in [0.2, 0.25) is 10.4 Å². The second kappa shape index (κ2) is 34.6. The Morgan fingerprint density at radius 2 is 0.882 bits per heavy atom. The predicted octanol–water partition coefficient (Wildman–Crippen LogP) is -6.22. The number of aliphatic carboxylic acids is 2. The molecule has 0 aliphatic carbocycles. The van der Waals surface area contributed by atoms with Crippen molar-refractivity contribution in [2.24, 2.45) is 0 Å². The third-order valence-electron chi connectivity index (χ3n) is 4.58. The van der Waals surface area contributed by atoms with Crippen molar-refractivity contribution in [2.75, 3.05) is 6.61 Å². The molecule has 0 aromatic heterocycles. The van der Waals surface area contributed by atoms with Crippen LogP contribution in [0.2, 0.25) is 0 Å². The largest absolute Gasteiger partial charge is 1.00 e. The van der Waals surface area contributed by atoms with Crippen LogP contribution in [-0.2, 0) is 24.2 Å². The molecule has 8 nitrogen and oxygen atoms in total. The number of unbranched alkanes of at least 4 members (excludes halogenated alkanes) is 15. The van der Waals surface area contributed by atoms with Gasteiger partial charge in [-0.15, -0.1) is 0 Å². The van der Waals surface area contributed by atoms with Crippen LogP contribution in [0.1, 0.15) is 110 Å². The van der Waals surface area contributed by atoms with Crippen molar-refractivity contribution in [3.8, 4) is 0 Å². The molecule has 0 radical (unpaired) electrons. The van der Waals surface area contributed by atoms with E-state index in [1.165, 1.54) is 83.5 Å². The Kier molecular flexibility index (Phi) is 46.2. The molecule has 0 heterocycles.